The van der Waals surface area contributed by atoms with Crippen molar-refractivity contribution in [1.82, 2.24) is 10.6 Å². The lowest BCUT2D eigenvalue weighted by molar-refractivity contribution is -0.177. The maximum atomic E-state index is 13.5. The maximum absolute atomic E-state index is 13.5. The molecule has 1 aliphatic rings. The van der Waals surface area contributed by atoms with Crippen LogP contribution in [-0.2, 0) is 35.1 Å². The topological polar surface area (TPSA) is 140 Å². The summed E-state index contributed by atoms with van der Waals surface area (Å²) in [4.78, 5) is 52.5. The first-order valence-corrected chi connectivity index (χ1v) is 16.9. The molecular formula is C35H44BrClN2O8. The number of amides is 2. The third-order valence-electron chi connectivity index (χ3n) is 7.93. The van der Waals surface area contributed by atoms with Gasteiger partial charge in [0, 0.05) is 25.3 Å². The number of methoxy groups -OCH3 is 1. The van der Waals surface area contributed by atoms with E-state index >= 15 is 0 Å². The van der Waals surface area contributed by atoms with Crippen molar-refractivity contribution in [2.75, 3.05) is 13.7 Å². The highest BCUT2D eigenvalue weighted by molar-refractivity contribution is 9.09. The van der Waals surface area contributed by atoms with Crippen molar-refractivity contribution in [3.8, 4) is 5.75 Å². The van der Waals surface area contributed by atoms with E-state index in [4.69, 9.17) is 25.8 Å². The second-order valence-corrected chi connectivity index (χ2v) is 13.6. The van der Waals surface area contributed by atoms with Crippen LogP contribution in [0.15, 0.2) is 60.7 Å². The average Bonchev–Trinajstić information content (AvgIpc) is 3.04. The van der Waals surface area contributed by atoms with Gasteiger partial charge in [-0.15, -0.1) is 0 Å². The van der Waals surface area contributed by atoms with E-state index in [0.29, 0.717) is 16.3 Å². The summed E-state index contributed by atoms with van der Waals surface area (Å²) in [5.41, 5.74) is 1.51. The quantitative estimate of drug-likeness (QED) is 0.239. The molecule has 0 aromatic heterocycles. The Hall–Kier alpha value is -3.41. The predicted octanol–water partition coefficient (Wildman–Crippen LogP) is 5.09. The Morgan fingerprint density at radius 2 is 1.74 bits per heavy atom. The Bertz CT molecular complexity index is 1410. The molecule has 0 saturated heterocycles. The first-order valence-electron chi connectivity index (χ1n) is 15.7. The molecule has 2 aromatic carbocycles. The van der Waals surface area contributed by atoms with Gasteiger partial charge < -0.3 is 30.0 Å². The van der Waals surface area contributed by atoms with Gasteiger partial charge in [0.05, 0.1) is 29.0 Å². The van der Waals surface area contributed by atoms with Gasteiger partial charge in [-0.25, -0.2) is 4.79 Å². The summed E-state index contributed by atoms with van der Waals surface area (Å²) in [6.45, 7) is 7.01. The van der Waals surface area contributed by atoms with Crippen molar-refractivity contribution in [3.63, 3.8) is 0 Å². The minimum absolute atomic E-state index is 0.0109. The number of esters is 2. The first kappa shape index (κ1) is 38.0. The van der Waals surface area contributed by atoms with Gasteiger partial charge in [-0.2, -0.15) is 0 Å². The van der Waals surface area contributed by atoms with Gasteiger partial charge in [0.2, 0.25) is 11.8 Å². The van der Waals surface area contributed by atoms with Crippen LogP contribution < -0.4 is 15.4 Å². The molecule has 10 nitrogen and oxygen atoms in total. The molecule has 1 aliphatic heterocycles. The summed E-state index contributed by atoms with van der Waals surface area (Å²) in [6, 6.07) is 13.4. The summed E-state index contributed by atoms with van der Waals surface area (Å²) in [7, 11) is 1.49. The average molecular weight is 736 g/mol. The lowest BCUT2D eigenvalue weighted by atomic mass is 9.91. The highest BCUT2D eigenvalue weighted by Crippen LogP contribution is 2.33. The molecule has 1 heterocycles. The molecule has 2 amide bonds. The van der Waals surface area contributed by atoms with Gasteiger partial charge >= 0.3 is 11.9 Å². The molecule has 0 radical (unpaired) electrons. The number of halogens is 2. The summed E-state index contributed by atoms with van der Waals surface area (Å²) in [5.74, 6) is -3.45. The van der Waals surface area contributed by atoms with Gasteiger partial charge in [0.15, 0.2) is 6.10 Å². The first-order chi connectivity index (χ1) is 22.3. The standard InChI is InChI=1S/C35H44BrClN2O8/c1-20(2)16-29-35(44)46-27(22(4)32(41)31(36)24-10-7-6-8-11-24)12-9-13-30(40)39-26(33(42)38-19-21(3)34(43)47-29)18-23-14-15-28(45-5)25(37)17-23/h6-11,13-15,17,20-22,26-27,29,31-32,41H,12,16,18-19H2,1-5H3,(H,38,42)(H,39,40). The predicted molar refractivity (Wildman–Crippen MR) is 182 cm³/mol. The van der Waals surface area contributed by atoms with Crippen LogP contribution >= 0.6 is 27.5 Å². The van der Waals surface area contributed by atoms with E-state index in [1.165, 1.54) is 19.3 Å². The molecule has 0 bridgehead atoms. The molecule has 47 heavy (non-hydrogen) atoms. The molecule has 7 atom stereocenters. The number of hydrogen-bond donors (Lipinski definition) is 3. The summed E-state index contributed by atoms with van der Waals surface area (Å²) >= 11 is 9.87. The molecule has 3 rings (SSSR count). The van der Waals surface area contributed by atoms with Crippen LogP contribution in [0, 0.1) is 17.8 Å². The zero-order valence-corrected chi connectivity index (χ0v) is 29.6. The van der Waals surface area contributed by atoms with Crippen molar-refractivity contribution < 1.29 is 38.5 Å². The maximum Gasteiger partial charge on any atom is 0.347 e. The highest BCUT2D eigenvalue weighted by Gasteiger charge is 2.35. The highest BCUT2D eigenvalue weighted by atomic mass is 79.9. The van der Waals surface area contributed by atoms with Crippen LogP contribution in [0.3, 0.4) is 0 Å². The molecular weight excluding hydrogens is 692 g/mol. The summed E-state index contributed by atoms with van der Waals surface area (Å²) < 4.78 is 16.8. The fourth-order valence-electron chi connectivity index (χ4n) is 5.06. The van der Waals surface area contributed by atoms with Crippen LogP contribution in [-0.4, -0.2) is 66.9 Å². The van der Waals surface area contributed by atoms with Gasteiger partial charge in [0.25, 0.3) is 0 Å². The molecule has 0 spiro atoms. The number of aliphatic hydroxyl groups excluding tert-OH is 1. The van der Waals surface area contributed by atoms with Gasteiger partial charge in [-0.05, 0) is 41.7 Å². The normalized spacial score (nSPS) is 23.6. The number of carbonyl (C=O) groups is 4. The number of hydrogen-bond acceptors (Lipinski definition) is 8. The Balaban J connectivity index is 1.92. The monoisotopic (exact) mass is 734 g/mol. The van der Waals surface area contributed by atoms with Crippen LogP contribution in [0.4, 0.5) is 0 Å². The number of aliphatic hydroxyl groups is 1. The Morgan fingerprint density at radius 1 is 1.04 bits per heavy atom. The Labute approximate surface area is 289 Å². The van der Waals surface area contributed by atoms with E-state index in [-0.39, 0.29) is 31.7 Å². The van der Waals surface area contributed by atoms with Gasteiger partial charge in [0.1, 0.15) is 17.9 Å². The number of alkyl halides is 1. The van der Waals surface area contributed by atoms with Crippen molar-refractivity contribution in [2.45, 2.75) is 76.1 Å². The molecule has 0 saturated carbocycles. The summed E-state index contributed by atoms with van der Waals surface area (Å²) in [5, 5.41) is 17.1. The fraction of sp³-hybridized carbons (Fsp3) is 0.486. The third kappa shape index (κ3) is 11.4. The van der Waals surface area contributed by atoms with E-state index in [0.717, 1.165) is 5.56 Å². The molecule has 256 valence electrons. The van der Waals surface area contributed by atoms with Crippen LogP contribution in [0.1, 0.15) is 56.5 Å². The summed E-state index contributed by atoms with van der Waals surface area (Å²) in [6.07, 6.45) is 0.110. The Morgan fingerprint density at radius 3 is 2.38 bits per heavy atom. The molecule has 0 aliphatic carbocycles. The molecule has 0 fully saturated rings. The molecule has 3 N–H and O–H groups in total. The number of cyclic esters (lactones) is 2. The van der Waals surface area contributed by atoms with E-state index in [1.807, 2.05) is 44.2 Å². The van der Waals surface area contributed by atoms with Gasteiger partial charge in [-0.1, -0.05) is 97.7 Å². The van der Waals surface area contributed by atoms with Crippen LogP contribution in [0.5, 0.6) is 5.75 Å². The minimum atomic E-state index is -1.20. The van der Waals surface area contributed by atoms with E-state index in [9.17, 15) is 24.3 Å². The van der Waals surface area contributed by atoms with Crippen molar-refractivity contribution in [3.05, 3.63) is 76.8 Å². The molecule has 7 unspecified atom stereocenters. The van der Waals surface area contributed by atoms with Crippen molar-refractivity contribution in [2.24, 2.45) is 17.8 Å². The second-order valence-electron chi connectivity index (χ2n) is 12.2. The zero-order valence-electron chi connectivity index (χ0n) is 27.3. The zero-order chi connectivity index (χ0) is 34.7. The third-order valence-corrected chi connectivity index (χ3v) is 9.29. The van der Waals surface area contributed by atoms with Crippen LogP contribution in [0.25, 0.3) is 0 Å². The number of carbonyl (C=O) groups excluding carboxylic acids is 4. The van der Waals surface area contributed by atoms with Crippen LogP contribution in [0.2, 0.25) is 5.02 Å². The fourth-order valence-corrected chi connectivity index (χ4v) is 6.13. The van der Waals surface area contributed by atoms with Crippen molar-refractivity contribution >= 4 is 51.3 Å². The van der Waals surface area contributed by atoms with Gasteiger partial charge in [-0.3, -0.25) is 14.4 Å². The molecule has 12 heteroatoms. The largest absolute Gasteiger partial charge is 0.495 e. The van der Waals surface area contributed by atoms with E-state index in [2.05, 4.69) is 26.6 Å². The number of rotatable bonds is 9. The number of nitrogens with one attached hydrogen (secondary N) is 2. The second kappa shape index (κ2) is 18.2. The minimum Gasteiger partial charge on any atom is -0.495 e. The van der Waals surface area contributed by atoms with E-state index < -0.39 is 64.8 Å². The lowest BCUT2D eigenvalue weighted by Gasteiger charge is -2.31. The Kier molecular flexibility index (Phi) is 14.7. The SMILES string of the molecule is COc1ccc(CC2NC(=O)C=CCC(C(C)C(O)C(Br)c3ccccc3)OC(=O)C(CC(C)C)OC(=O)C(C)CNC2=O)cc1Cl. The number of ether oxygens (including phenoxy) is 3. The number of benzene rings is 2. The molecule has 2 aromatic rings. The van der Waals surface area contributed by atoms with E-state index in [1.54, 1.807) is 32.0 Å². The van der Waals surface area contributed by atoms with Crippen molar-refractivity contribution in [1.29, 1.82) is 0 Å². The lowest BCUT2D eigenvalue weighted by Crippen LogP contribution is -2.49. The smallest absolute Gasteiger partial charge is 0.347 e.